The molecular formula is C11H18N4O. The van der Waals surface area contributed by atoms with E-state index in [0.717, 1.165) is 24.6 Å². The Kier molecular flexibility index (Phi) is 3.24. The number of rotatable bonds is 6. The van der Waals surface area contributed by atoms with Gasteiger partial charge in [0.25, 0.3) is 0 Å². The zero-order valence-electron chi connectivity index (χ0n) is 9.52. The molecule has 1 fully saturated rings. The van der Waals surface area contributed by atoms with Crippen LogP contribution in [0.5, 0.6) is 0 Å². The van der Waals surface area contributed by atoms with E-state index in [4.69, 9.17) is 5.73 Å². The summed E-state index contributed by atoms with van der Waals surface area (Å²) in [5.74, 6) is 0.388. The van der Waals surface area contributed by atoms with Gasteiger partial charge in [-0.2, -0.15) is 5.10 Å². The van der Waals surface area contributed by atoms with Gasteiger partial charge in [-0.15, -0.1) is 0 Å². The van der Waals surface area contributed by atoms with Crippen molar-refractivity contribution in [2.75, 3.05) is 6.54 Å². The van der Waals surface area contributed by atoms with Crippen molar-refractivity contribution >= 4 is 5.91 Å². The molecule has 1 aliphatic carbocycles. The zero-order valence-corrected chi connectivity index (χ0v) is 9.52. The Morgan fingerprint density at radius 2 is 2.50 bits per heavy atom. The van der Waals surface area contributed by atoms with Crippen molar-refractivity contribution in [1.82, 2.24) is 15.1 Å². The van der Waals surface area contributed by atoms with Gasteiger partial charge in [-0.25, -0.2) is 0 Å². The highest BCUT2D eigenvalue weighted by atomic mass is 16.1. The minimum Gasteiger partial charge on any atom is -0.368 e. The molecule has 1 heterocycles. The molecule has 0 aromatic carbocycles. The molecule has 88 valence electrons. The number of nitrogens with one attached hydrogen (secondary N) is 1. The fourth-order valence-electron chi connectivity index (χ4n) is 1.69. The molecule has 3 N–H and O–H groups in total. The summed E-state index contributed by atoms with van der Waals surface area (Å²) >= 11 is 0. The maximum absolute atomic E-state index is 11.4. The fourth-order valence-corrected chi connectivity index (χ4v) is 1.69. The summed E-state index contributed by atoms with van der Waals surface area (Å²) in [4.78, 5) is 11.4. The van der Waals surface area contributed by atoms with Gasteiger partial charge < -0.3 is 11.1 Å². The fraction of sp³-hybridized carbons (Fsp3) is 0.636. The van der Waals surface area contributed by atoms with E-state index in [2.05, 4.69) is 10.4 Å². The van der Waals surface area contributed by atoms with Crippen LogP contribution in [0.15, 0.2) is 12.4 Å². The summed E-state index contributed by atoms with van der Waals surface area (Å²) in [6, 6.07) is -0.402. The first kappa shape index (κ1) is 11.1. The molecule has 5 nitrogen and oxygen atoms in total. The van der Waals surface area contributed by atoms with Crippen LogP contribution in [0.3, 0.4) is 0 Å². The van der Waals surface area contributed by atoms with E-state index in [1.54, 1.807) is 10.9 Å². The van der Waals surface area contributed by atoms with Gasteiger partial charge in [0, 0.05) is 18.3 Å². The minimum absolute atomic E-state index is 0.337. The average Bonchev–Trinajstić information content (AvgIpc) is 2.95. The van der Waals surface area contributed by atoms with Gasteiger partial charge in [-0.05, 0) is 32.2 Å². The SMILES string of the molecule is CCn1cc(C(NCC2CC2)C(N)=O)cn1. The van der Waals surface area contributed by atoms with Crippen LogP contribution in [0.1, 0.15) is 31.4 Å². The number of carbonyl (C=O) groups is 1. The Hall–Kier alpha value is -1.36. The van der Waals surface area contributed by atoms with Crippen LogP contribution in [-0.4, -0.2) is 22.2 Å². The molecule has 0 spiro atoms. The maximum Gasteiger partial charge on any atom is 0.239 e. The Bertz CT molecular complexity index is 370. The van der Waals surface area contributed by atoms with Crippen LogP contribution in [0.2, 0.25) is 0 Å². The molecule has 2 rings (SSSR count). The van der Waals surface area contributed by atoms with Crippen molar-refractivity contribution < 1.29 is 4.79 Å². The van der Waals surface area contributed by atoms with E-state index in [9.17, 15) is 4.79 Å². The summed E-state index contributed by atoms with van der Waals surface area (Å²) in [7, 11) is 0. The number of primary amides is 1. The van der Waals surface area contributed by atoms with Crippen LogP contribution in [0.4, 0.5) is 0 Å². The van der Waals surface area contributed by atoms with Gasteiger partial charge in [0.1, 0.15) is 6.04 Å². The van der Waals surface area contributed by atoms with Crippen molar-refractivity contribution in [3.05, 3.63) is 18.0 Å². The molecule has 1 saturated carbocycles. The molecule has 16 heavy (non-hydrogen) atoms. The van der Waals surface area contributed by atoms with Gasteiger partial charge >= 0.3 is 0 Å². The number of aromatic nitrogens is 2. The summed E-state index contributed by atoms with van der Waals surface area (Å²) in [6.07, 6.45) is 6.09. The van der Waals surface area contributed by atoms with Crippen LogP contribution in [0, 0.1) is 5.92 Å². The third-order valence-electron chi connectivity index (χ3n) is 2.90. The number of hydrogen-bond acceptors (Lipinski definition) is 3. The molecule has 1 atom stereocenters. The summed E-state index contributed by atoms with van der Waals surface area (Å²) in [6.45, 7) is 3.67. The number of amides is 1. The normalized spacial score (nSPS) is 17.3. The van der Waals surface area contributed by atoms with E-state index in [0.29, 0.717) is 0 Å². The standard InChI is InChI=1S/C11H18N4O/c1-2-15-7-9(6-14-15)10(11(12)16)13-5-8-3-4-8/h6-8,10,13H,2-5H2,1H3,(H2,12,16). The Balaban J connectivity index is 2.01. The summed E-state index contributed by atoms with van der Waals surface area (Å²) in [5.41, 5.74) is 6.24. The molecule has 0 aliphatic heterocycles. The molecule has 5 heteroatoms. The number of nitrogens with zero attached hydrogens (tertiary/aromatic N) is 2. The number of carbonyl (C=O) groups excluding carboxylic acids is 1. The van der Waals surface area contributed by atoms with Crippen LogP contribution >= 0.6 is 0 Å². The van der Waals surface area contributed by atoms with E-state index < -0.39 is 6.04 Å². The molecule has 1 aromatic heterocycles. The molecule has 1 amide bonds. The van der Waals surface area contributed by atoms with Crippen molar-refractivity contribution in [2.24, 2.45) is 11.7 Å². The predicted octanol–water partition coefficient (Wildman–Crippen LogP) is 0.429. The van der Waals surface area contributed by atoms with Gasteiger partial charge in [-0.1, -0.05) is 0 Å². The second-order valence-corrected chi connectivity index (χ2v) is 4.32. The third-order valence-corrected chi connectivity index (χ3v) is 2.90. The summed E-state index contributed by atoms with van der Waals surface area (Å²) in [5, 5.41) is 7.36. The largest absolute Gasteiger partial charge is 0.368 e. The third kappa shape index (κ3) is 2.61. The number of aryl methyl sites for hydroxylation is 1. The van der Waals surface area contributed by atoms with E-state index in [-0.39, 0.29) is 5.91 Å². The van der Waals surface area contributed by atoms with Gasteiger partial charge in [0.05, 0.1) is 6.20 Å². The lowest BCUT2D eigenvalue weighted by atomic mass is 10.1. The van der Waals surface area contributed by atoms with Crippen LogP contribution in [-0.2, 0) is 11.3 Å². The van der Waals surface area contributed by atoms with Gasteiger partial charge in [-0.3, -0.25) is 9.48 Å². The molecule has 1 aromatic rings. The average molecular weight is 222 g/mol. The zero-order chi connectivity index (χ0) is 11.5. The van der Waals surface area contributed by atoms with Gasteiger partial charge in [0.15, 0.2) is 0 Å². The topological polar surface area (TPSA) is 72.9 Å². The Morgan fingerprint density at radius 3 is 3.00 bits per heavy atom. The molecule has 0 bridgehead atoms. The van der Waals surface area contributed by atoms with E-state index in [1.807, 2.05) is 13.1 Å². The second kappa shape index (κ2) is 4.65. The number of hydrogen-bond donors (Lipinski definition) is 2. The maximum atomic E-state index is 11.4. The van der Waals surface area contributed by atoms with Crippen molar-refractivity contribution in [1.29, 1.82) is 0 Å². The van der Waals surface area contributed by atoms with Crippen molar-refractivity contribution in [3.63, 3.8) is 0 Å². The van der Waals surface area contributed by atoms with Crippen LogP contribution in [0.25, 0.3) is 0 Å². The smallest absolute Gasteiger partial charge is 0.239 e. The predicted molar refractivity (Wildman–Crippen MR) is 60.6 cm³/mol. The lowest BCUT2D eigenvalue weighted by molar-refractivity contribution is -0.120. The van der Waals surface area contributed by atoms with Crippen molar-refractivity contribution in [2.45, 2.75) is 32.4 Å². The minimum atomic E-state index is -0.402. The number of nitrogens with two attached hydrogens (primary N) is 1. The van der Waals surface area contributed by atoms with Crippen LogP contribution < -0.4 is 11.1 Å². The molecular weight excluding hydrogens is 204 g/mol. The highest BCUT2D eigenvalue weighted by Crippen LogP contribution is 2.28. The van der Waals surface area contributed by atoms with E-state index >= 15 is 0 Å². The highest BCUT2D eigenvalue weighted by Gasteiger charge is 2.25. The highest BCUT2D eigenvalue weighted by molar-refractivity contribution is 5.81. The molecule has 1 aliphatic rings. The first-order chi connectivity index (χ1) is 7.70. The quantitative estimate of drug-likeness (QED) is 0.733. The molecule has 1 unspecified atom stereocenters. The Morgan fingerprint density at radius 1 is 1.75 bits per heavy atom. The Labute approximate surface area is 95.0 Å². The molecule has 0 saturated heterocycles. The van der Waals surface area contributed by atoms with E-state index in [1.165, 1.54) is 12.8 Å². The second-order valence-electron chi connectivity index (χ2n) is 4.32. The monoisotopic (exact) mass is 222 g/mol. The lowest BCUT2D eigenvalue weighted by Gasteiger charge is -2.13. The van der Waals surface area contributed by atoms with Crippen molar-refractivity contribution in [3.8, 4) is 0 Å². The summed E-state index contributed by atoms with van der Waals surface area (Å²) < 4.78 is 1.80. The molecule has 0 radical (unpaired) electrons. The first-order valence-electron chi connectivity index (χ1n) is 5.75. The lowest BCUT2D eigenvalue weighted by Crippen LogP contribution is -2.34. The van der Waals surface area contributed by atoms with Gasteiger partial charge in [0.2, 0.25) is 5.91 Å². The first-order valence-corrected chi connectivity index (χ1v) is 5.75.